The summed E-state index contributed by atoms with van der Waals surface area (Å²) in [5.41, 5.74) is 1.29. The van der Waals surface area contributed by atoms with E-state index in [-0.39, 0.29) is 0 Å². The van der Waals surface area contributed by atoms with Crippen LogP contribution in [0.1, 0.15) is 18.5 Å². The molecule has 0 unspecified atom stereocenters. The minimum atomic E-state index is 0.862. The van der Waals surface area contributed by atoms with Gasteiger partial charge in [-0.25, -0.2) is 4.57 Å². The molecule has 1 nitrogen and oxygen atoms in total. The molecule has 0 amide bonds. The smallest absolute Gasteiger partial charge is 0.178 e. The van der Waals surface area contributed by atoms with Crippen molar-refractivity contribution in [1.29, 1.82) is 0 Å². The second-order valence-corrected chi connectivity index (χ2v) is 2.84. The average Bonchev–Trinajstić information content (AvgIpc) is 2.09. The Morgan fingerprint density at radius 1 is 1.50 bits per heavy atom. The van der Waals surface area contributed by atoms with Crippen LogP contribution in [0, 0.1) is 19.3 Å². The van der Waals surface area contributed by atoms with Gasteiger partial charge in [-0.15, -0.1) is 12.3 Å². The van der Waals surface area contributed by atoms with Crippen molar-refractivity contribution >= 4 is 0 Å². The molecule has 0 saturated carbocycles. The summed E-state index contributed by atoms with van der Waals surface area (Å²) in [6, 6.07) is 6.20. The lowest BCUT2D eigenvalue weighted by Crippen LogP contribution is -2.36. The predicted octanol–water partition coefficient (Wildman–Crippen LogP) is 1.70. The van der Waals surface area contributed by atoms with Crippen LogP contribution < -0.4 is 4.57 Å². The SMILES string of the molecule is C#CCCC[n+]1ccccc1C. The maximum absolute atomic E-state index is 5.17. The Balaban J connectivity index is 2.53. The van der Waals surface area contributed by atoms with E-state index in [0.717, 1.165) is 19.4 Å². The van der Waals surface area contributed by atoms with E-state index in [0.29, 0.717) is 0 Å². The van der Waals surface area contributed by atoms with Gasteiger partial charge in [0.15, 0.2) is 11.9 Å². The maximum atomic E-state index is 5.17. The molecule has 0 aliphatic heterocycles. The van der Waals surface area contributed by atoms with Crippen LogP contribution in [0.5, 0.6) is 0 Å². The van der Waals surface area contributed by atoms with Crippen LogP contribution >= 0.6 is 0 Å². The Morgan fingerprint density at radius 3 is 3.00 bits per heavy atom. The van der Waals surface area contributed by atoms with Crippen molar-refractivity contribution < 1.29 is 4.57 Å². The van der Waals surface area contributed by atoms with E-state index in [2.05, 4.69) is 29.7 Å². The first-order chi connectivity index (χ1) is 5.84. The summed E-state index contributed by atoms with van der Waals surface area (Å²) in [5, 5.41) is 0. The number of nitrogens with zero attached hydrogens (tertiary/aromatic N) is 1. The first-order valence-corrected chi connectivity index (χ1v) is 4.23. The molecule has 0 atom stereocenters. The Bertz CT molecular complexity index is 283. The van der Waals surface area contributed by atoms with Crippen LogP contribution in [-0.4, -0.2) is 0 Å². The topological polar surface area (TPSA) is 3.88 Å². The first kappa shape index (κ1) is 8.80. The van der Waals surface area contributed by atoms with Gasteiger partial charge in [0, 0.05) is 31.9 Å². The molecule has 1 aromatic heterocycles. The fourth-order valence-electron chi connectivity index (χ4n) is 1.16. The fraction of sp³-hybridized carbons (Fsp3) is 0.364. The minimum Gasteiger partial charge on any atom is -0.203 e. The highest BCUT2D eigenvalue weighted by molar-refractivity contribution is 4.94. The third kappa shape index (κ3) is 2.39. The first-order valence-electron chi connectivity index (χ1n) is 4.23. The molecule has 0 radical (unpaired) electrons. The van der Waals surface area contributed by atoms with Gasteiger partial charge in [-0.1, -0.05) is 6.07 Å². The van der Waals surface area contributed by atoms with Gasteiger partial charge in [0.25, 0.3) is 0 Å². The number of unbranched alkanes of at least 4 members (excludes halogenated alkanes) is 1. The van der Waals surface area contributed by atoms with E-state index in [9.17, 15) is 0 Å². The van der Waals surface area contributed by atoms with Crippen LogP contribution in [0.2, 0.25) is 0 Å². The summed E-state index contributed by atoms with van der Waals surface area (Å²) < 4.78 is 2.22. The van der Waals surface area contributed by atoms with E-state index in [1.165, 1.54) is 5.69 Å². The molecule has 62 valence electrons. The van der Waals surface area contributed by atoms with Crippen molar-refractivity contribution in [2.75, 3.05) is 0 Å². The molecule has 0 saturated heterocycles. The molecular weight excluding hydrogens is 146 g/mol. The molecule has 0 fully saturated rings. The monoisotopic (exact) mass is 160 g/mol. The zero-order valence-corrected chi connectivity index (χ0v) is 7.46. The second kappa shape index (κ2) is 4.56. The van der Waals surface area contributed by atoms with Crippen molar-refractivity contribution in [3.8, 4) is 12.3 Å². The second-order valence-electron chi connectivity index (χ2n) is 2.84. The largest absolute Gasteiger partial charge is 0.203 e. The van der Waals surface area contributed by atoms with Gasteiger partial charge < -0.3 is 0 Å². The van der Waals surface area contributed by atoms with Crippen molar-refractivity contribution in [2.24, 2.45) is 0 Å². The van der Waals surface area contributed by atoms with Crippen molar-refractivity contribution in [2.45, 2.75) is 26.3 Å². The Morgan fingerprint density at radius 2 is 2.33 bits per heavy atom. The summed E-state index contributed by atoms with van der Waals surface area (Å²) in [5.74, 6) is 2.64. The quantitative estimate of drug-likeness (QED) is 0.360. The molecule has 0 spiro atoms. The molecule has 0 bridgehead atoms. The van der Waals surface area contributed by atoms with E-state index in [4.69, 9.17) is 6.42 Å². The summed E-state index contributed by atoms with van der Waals surface area (Å²) >= 11 is 0. The number of rotatable bonds is 3. The Hall–Kier alpha value is -1.29. The van der Waals surface area contributed by atoms with E-state index >= 15 is 0 Å². The third-order valence-electron chi connectivity index (χ3n) is 1.89. The normalized spacial score (nSPS) is 9.33. The number of aromatic nitrogens is 1. The molecule has 0 aliphatic carbocycles. The van der Waals surface area contributed by atoms with Gasteiger partial charge >= 0.3 is 0 Å². The molecule has 1 heteroatoms. The zero-order chi connectivity index (χ0) is 8.81. The molecule has 0 N–H and O–H groups in total. The van der Waals surface area contributed by atoms with Crippen molar-refractivity contribution in [3.63, 3.8) is 0 Å². The van der Waals surface area contributed by atoms with E-state index < -0.39 is 0 Å². The highest BCUT2D eigenvalue weighted by Gasteiger charge is 2.01. The fourth-order valence-corrected chi connectivity index (χ4v) is 1.16. The van der Waals surface area contributed by atoms with Gasteiger partial charge in [0.2, 0.25) is 0 Å². The molecule has 1 heterocycles. The summed E-state index contributed by atoms with van der Waals surface area (Å²) in [7, 11) is 0. The highest BCUT2D eigenvalue weighted by atomic mass is 14.9. The van der Waals surface area contributed by atoms with Crippen LogP contribution in [0.15, 0.2) is 24.4 Å². The lowest BCUT2D eigenvalue weighted by molar-refractivity contribution is -0.703. The summed E-state index contributed by atoms with van der Waals surface area (Å²) in [6.07, 6.45) is 9.18. The van der Waals surface area contributed by atoms with E-state index in [1.54, 1.807) is 0 Å². The van der Waals surface area contributed by atoms with Gasteiger partial charge in [0.1, 0.15) is 6.54 Å². The van der Waals surface area contributed by atoms with Crippen molar-refractivity contribution in [1.82, 2.24) is 0 Å². The lowest BCUT2D eigenvalue weighted by atomic mass is 10.3. The van der Waals surface area contributed by atoms with Crippen molar-refractivity contribution in [3.05, 3.63) is 30.1 Å². The molecule has 0 aromatic carbocycles. The molecule has 0 aliphatic rings. The van der Waals surface area contributed by atoms with Gasteiger partial charge in [0.05, 0.1) is 0 Å². The minimum absolute atomic E-state index is 0.862. The van der Waals surface area contributed by atoms with Gasteiger partial charge in [-0.05, 0) is 0 Å². The number of hydrogen-bond acceptors (Lipinski definition) is 0. The Kier molecular flexibility index (Phi) is 3.35. The number of pyridine rings is 1. The van der Waals surface area contributed by atoms with Crippen LogP contribution in [0.3, 0.4) is 0 Å². The zero-order valence-electron chi connectivity index (χ0n) is 7.46. The maximum Gasteiger partial charge on any atom is 0.178 e. The molecule has 12 heavy (non-hydrogen) atoms. The van der Waals surface area contributed by atoms with Crippen LogP contribution in [-0.2, 0) is 6.54 Å². The summed E-state index contributed by atoms with van der Waals surface area (Å²) in [4.78, 5) is 0. The third-order valence-corrected chi connectivity index (χ3v) is 1.89. The molecule has 1 rings (SSSR count). The predicted molar refractivity (Wildman–Crippen MR) is 49.4 cm³/mol. The van der Waals surface area contributed by atoms with E-state index in [1.807, 2.05) is 12.1 Å². The summed E-state index contributed by atoms with van der Waals surface area (Å²) in [6.45, 7) is 3.13. The number of hydrogen-bond donors (Lipinski definition) is 0. The lowest BCUT2D eigenvalue weighted by Gasteiger charge is -1.96. The average molecular weight is 160 g/mol. The molecule has 1 aromatic rings. The van der Waals surface area contributed by atoms with Gasteiger partial charge in [-0.3, -0.25) is 0 Å². The van der Waals surface area contributed by atoms with Gasteiger partial charge in [-0.2, -0.15) is 0 Å². The number of aryl methyl sites for hydroxylation is 2. The standard InChI is InChI=1S/C11H14N/c1-3-4-6-9-12-10-7-5-8-11(12)2/h1,5,7-8,10H,4,6,9H2,2H3/q+1. The van der Waals surface area contributed by atoms with Crippen LogP contribution in [0.25, 0.3) is 0 Å². The Labute approximate surface area is 74.0 Å². The van der Waals surface area contributed by atoms with Crippen LogP contribution in [0.4, 0.5) is 0 Å². The molecular formula is C11H14N+. The highest BCUT2D eigenvalue weighted by Crippen LogP contribution is 1.91. The number of terminal acetylenes is 1.